The second-order valence-electron chi connectivity index (χ2n) is 3.97. The maximum Gasteiger partial charge on any atom is 0.0662 e. The van der Waals surface area contributed by atoms with E-state index in [1.165, 1.54) is 21.2 Å². The molecule has 1 N–H and O–H groups in total. The van der Waals surface area contributed by atoms with Crippen molar-refractivity contribution in [2.24, 2.45) is 0 Å². The van der Waals surface area contributed by atoms with Crippen molar-refractivity contribution in [1.82, 2.24) is 5.32 Å². The normalized spacial score (nSPS) is 21.7. The highest BCUT2D eigenvalue weighted by Crippen LogP contribution is 2.27. The van der Waals surface area contributed by atoms with Crippen LogP contribution in [0.5, 0.6) is 0 Å². The number of ether oxygens (including phenoxy) is 1. The molecular formula is C12H16BrNO. The molecule has 1 aromatic carbocycles. The minimum Gasteiger partial charge on any atom is -0.378 e. The van der Waals surface area contributed by atoms with Crippen LogP contribution in [0.25, 0.3) is 0 Å². The minimum atomic E-state index is 0.352. The van der Waals surface area contributed by atoms with Gasteiger partial charge >= 0.3 is 0 Å². The van der Waals surface area contributed by atoms with E-state index in [0.717, 1.165) is 19.8 Å². The summed E-state index contributed by atoms with van der Waals surface area (Å²) in [5, 5.41) is 3.48. The zero-order valence-electron chi connectivity index (χ0n) is 9.14. The standard InChI is InChI=1S/C12H16BrNO/c1-8-9(2)11(13)4-3-10(8)12-7-15-6-5-14-12/h3-4,12,14H,5-7H2,1-2H3. The monoisotopic (exact) mass is 269 g/mol. The van der Waals surface area contributed by atoms with Crippen molar-refractivity contribution < 1.29 is 4.74 Å². The fourth-order valence-corrected chi connectivity index (χ4v) is 2.38. The van der Waals surface area contributed by atoms with Gasteiger partial charge in [-0.25, -0.2) is 0 Å². The lowest BCUT2D eigenvalue weighted by molar-refractivity contribution is 0.0767. The zero-order chi connectivity index (χ0) is 10.8. The van der Waals surface area contributed by atoms with E-state index in [2.05, 4.69) is 47.2 Å². The number of rotatable bonds is 1. The van der Waals surface area contributed by atoms with Gasteiger partial charge in [-0.2, -0.15) is 0 Å². The molecule has 1 fully saturated rings. The first-order valence-corrected chi connectivity index (χ1v) is 6.06. The van der Waals surface area contributed by atoms with Crippen LogP contribution in [-0.2, 0) is 4.74 Å². The van der Waals surface area contributed by atoms with Crippen molar-refractivity contribution in [1.29, 1.82) is 0 Å². The SMILES string of the molecule is Cc1c(Br)ccc(C2COCCN2)c1C. The van der Waals surface area contributed by atoms with Crippen molar-refractivity contribution in [3.63, 3.8) is 0 Å². The summed E-state index contributed by atoms with van der Waals surface area (Å²) in [5.41, 5.74) is 4.03. The van der Waals surface area contributed by atoms with Gasteiger partial charge in [0.1, 0.15) is 0 Å². The molecule has 1 aromatic rings. The summed E-state index contributed by atoms with van der Waals surface area (Å²) in [6.07, 6.45) is 0. The van der Waals surface area contributed by atoms with E-state index >= 15 is 0 Å². The summed E-state index contributed by atoms with van der Waals surface area (Å²) in [6, 6.07) is 4.65. The Morgan fingerprint density at radius 3 is 2.80 bits per heavy atom. The van der Waals surface area contributed by atoms with Crippen LogP contribution in [0.15, 0.2) is 16.6 Å². The Labute approximate surface area is 99.1 Å². The Balaban J connectivity index is 2.31. The third-order valence-corrected chi connectivity index (χ3v) is 3.92. The topological polar surface area (TPSA) is 21.3 Å². The average molecular weight is 270 g/mol. The van der Waals surface area contributed by atoms with Crippen LogP contribution in [0.3, 0.4) is 0 Å². The number of hydrogen-bond donors (Lipinski definition) is 1. The molecule has 3 heteroatoms. The van der Waals surface area contributed by atoms with Gasteiger partial charge in [0.15, 0.2) is 0 Å². The van der Waals surface area contributed by atoms with Crippen molar-refractivity contribution in [2.75, 3.05) is 19.8 Å². The summed E-state index contributed by atoms with van der Waals surface area (Å²) in [7, 11) is 0. The third kappa shape index (κ3) is 2.25. The van der Waals surface area contributed by atoms with E-state index in [0.29, 0.717) is 6.04 Å². The molecule has 1 unspecified atom stereocenters. The van der Waals surface area contributed by atoms with Crippen LogP contribution in [-0.4, -0.2) is 19.8 Å². The van der Waals surface area contributed by atoms with E-state index in [9.17, 15) is 0 Å². The summed E-state index contributed by atoms with van der Waals surface area (Å²) in [5.74, 6) is 0. The van der Waals surface area contributed by atoms with Gasteiger partial charge in [0.2, 0.25) is 0 Å². The fraction of sp³-hybridized carbons (Fsp3) is 0.500. The van der Waals surface area contributed by atoms with Crippen molar-refractivity contribution in [3.05, 3.63) is 33.3 Å². The lowest BCUT2D eigenvalue weighted by Crippen LogP contribution is -2.35. The molecule has 15 heavy (non-hydrogen) atoms. The Morgan fingerprint density at radius 1 is 1.33 bits per heavy atom. The molecule has 0 bridgehead atoms. The predicted octanol–water partition coefficient (Wildman–Crippen LogP) is 2.73. The molecule has 0 spiro atoms. The predicted molar refractivity (Wildman–Crippen MR) is 65.2 cm³/mol. The molecule has 82 valence electrons. The highest BCUT2D eigenvalue weighted by molar-refractivity contribution is 9.10. The molecule has 0 radical (unpaired) electrons. The summed E-state index contributed by atoms with van der Waals surface area (Å²) in [4.78, 5) is 0. The molecule has 0 aliphatic carbocycles. The number of nitrogens with one attached hydrogen (secondary N) is 1. The van der Waals surface area contributed by atoms with E-state index < -0.39 is 0 Å². The lowest BCUT2D eigenvalue weighted by Gasteiger charge is -2.26. The molecule has 1 heterocycles. The smallest absolute Gasteiger partial charge is 0.0662 e. The number of hydrogen-bond acceptors (Lipinski definition) is 2. The van der Waals surface area contributed by atoms with Gasteiger partial charge in [0, 0.05) is 11.0 Å². The molecule has 0 amide bonds. The third-order valence-electron chi connectivity index (χ3n) is 3.06. The van der Waals surface area contributed by atoms with Gasteiger partial charge in [-0.1, -0.05) is 22.0 Å². The first kappa shape index (κ1) is 11.1. The molecule has 2 nitrogen and oxygen atoms in total. The maximum absolute atomic E-state index is 5.49. The minimum absolute atomic E-state index is 0.352. The summed E-state index contributed by atoms with van der Waals surface area (Å²) < 4.78 is 6.67. The molecule has 2 rings (SSSR count). The van der Waals surface area contributed by atoms with Gasteiger partial charge in [0.05, 0.1) is 19.3 Å². The van der Waals surface area contributed by atoms with E-state index in [4.69, 9.17) is 4.74 Å². The second-order valence-corrected chi connectivity index (χ2v) is 4.82. The van der Waals surface area contributed by atoms with E-state index in [1.54, 1.807) is 0 Å². The van der Waals surface area contributed by atoms with Crippen LogP contribution in [0.2, 0.25) is 0 Å². The van der Waals surface area contributed by atoms with Crippen molar-refractivity contribution in [2.45, 2.75) is 19.9 Å². The fourth-order valence-electron chi connectivity index (χ4n) is 1.95. The van der Waals surface area contributed by atoms with E-state index in [-0.39, 0.29) is 0 Å². The molecule has 0 aromatic heterocycles. The van der Waals surface area contributed by atoms with Crippen LogP contribution in [0, 0.1) is 13.8 Å². The van der Waals surface area contributed by atoms with Gasteiger partial charge in [-0.15, -0.1) is 0 Å². The Kier molecular flexibility index (Phi) is 3.44. The van der Waals surface area contributed by atoms with Crippen LogP contribution in [0.1, 0.15) is 22.7 Å². The van der Waals surface area contributed by atoms with Gasteiger partial charge in [0.25, 0.3) is 0 Å². The van der Waals surface area contributed by atoms with E-state index in [1.807, 2.05) is 0 Å². The second kappa shape index (κ2) is 4.64. The summed E-state index contributed by atoms with van der Waals surface area (Å²) in [6.45, 7) is 6.87. The molecular weight excluding hydrogens is 254 g/mol. The summed E-state index contributed by atoms with van der Waals surface area (Å²) >= 11 is 3.55. The molecule has 1 aliphatic rings. The van der Waals surface area contributed by atoms with Crippen LogP contribution < -0.4 is 5.32 Å². The Morgan fingerprint density at radius 2 is 2.13 bits per heavy atom. The Bertz CT molecular complexity index is 359. The van der Waals surface area contributed by atoms with Crippen molar-refractivity contribution >= 4 is 15.9 Å². The van der Waals surface area contributed by atoms with Gasteiger partial charge in [-0.3, -0.25) is 0 Å². The quantitative estimate of drug-likeness (QED) is 0.847. The number of benzene rings is 1. The van der Waals surface area contributed by atoms with Crippen LogP contribution in [0.4, 0.5) is 0 Å². The lowest BCUT2D eigenvalue weighted by atomic mass is 9.97. The van der Waals surface area contributed by atoms with Gasteiger partial charge < -0.3 is 10.1 Å². The highest BCUT2D eigenvalue weighted by atomic mass is 79.9. The first-order valence-electron chi connectivity index (χ1n) is 5.27. The maximum atomic E-state index is 5.49. The number of morpholine rings is 1. The Hall–Kier alpha value is -0.380. The average Bonchev–Trinajstić information content (AvgIpc) is 2.27. The molecule has 1 aliphatic heterocycles. The van der Waals surface area contributed by atoms with Crippen LogP contribution >= 0.6 is 15.9 Å². The molecule has 1 saturated heterocycles. The first-order chi connectivity index (χ1) is 7.20. The number of halogens is 1. The molecule has 1 atom stereocenters. The van der Waals surface area contributed by atoms with Crippen molar-refractivity contribution in [3.8, 4) is 0 Å². The van der Waals surface area contributed by atoms with Gasteiger partial charge in [-0.05, 0) is 36.6 Å². The zero-order valence-corrected chi connectivity index (χ0v) is 10.7. The highest BCUT2D eigenvalue weighted by Gasteiger charge is 2.18. The largest absolute Gasteiger partial charge is 0.378 e. The molecule has 0 saturated carbocycles.